The van der Waals surface area contributed by atoms with Gasteiger partial charge >= 0.3 is 6.09 Å². The summed E-state index contributed by atoms with van der Waals surface area (Å²) in [6.07, 6.45) is -0.248. The Morgan fingerprint density at radius 1 is 1.12 bits per heavy atom. The smallest absolute Gasteiger partial charge is 0.410 e. The number of anilines is 1. The van der Waals surface area contributed by atoms with Gasteiger partial charge in [0.05, 0.1) is 13.2 Å². The SMILES string of the molecule is CC(C)(C)OC(=O)N1CCN(c2ccc(COCCF)cc2)CC1. The van der Waals surface area contributed by atoms with Crippen LogP contribution in [0.3, 0.4) is 0 Å². The minimum Gasteiger partial charge on any atom is -0.444 e. The molecule has 0 aromatic heterocycles. The molecule has 1 aliphatic rings. The van der Waals surface area contributed by atoms with Crippen molar-refractivity contribution >= 4 is 11.8 Å². The van der Waals surface area contributed by atoms with Crippen LogP contribution in [0.5, 0.6) is 0 Å². The van der Waals surface area contributed by atoms with Crippen LogP contribution >= 0.6 is 0 Å². The van der Waals surface area contributed by atoms with Crippen LogP contribution in [-0.2, 0) is 16.1 Å². The summed E-state index contributed by atoms with van der Waals surface area (Å²) in [4.78, 5) is 16.1. The van der Waals surface area contributed by atoms with Gasteiger partial charge in [0, 0.05) is 31.9 Å². The highest BCUT2D eigenvalue weighted by Gasteiger charge is 2.25. The van der Waals surface area contributed by atoms with E-state index in [2.05, 4.69) is 4.90 Å². The van der Waals surface area contributed by atoms with Gasteiger partial charge in [-0.25, -0.2) is 9.18 Å². The molecule has 1 amide bonds. The predicted octanol–water partition coefficient (Wildman–Crippen LogP) is 3.23. The molecule has 1 heterocycles. The van der Waals surface area contributed by atoms with Gasteiger partial charge in [-0.2, -0.15) is 0 Å². The van der Waals surface area contributed by atoms with Crippen LogP contribution in [0.25, 0.3) is 0 Å². The summed E-state index contributed by atoms with van der Waals surface area (Å²) >= 11 is 0. The molecule has 0 bridgehead atoms. The van der Waals surface area contributed by atoms with Gasteiger partial charge in [-0.3, -0.25) is 0 Å². The van der Waals surface area contributed by atoms with Gasteiger partial charge in [0.25, 0.3) is 0 Å². The molecule has 0 atom stereocenters. The molecule has 6 heteroatoms. The fraction of sp³-hybridized carbons (Fsp3) is 0.611. The molecule has 0 aliphatic carbocycles. The monoisotopic (exact) mass is 338 g/mol. The Kier molecular flexibility index (Phi) is 6.43. The maximum atomic E-state index is 12.1. The lowest BCUT2D eigenvalue weighted by Crippen LogP contribution is -2.50. The molecule has 0 unspecified atom stereocenters. The van der Waals surface area contributed by atoms with Crippen molar-refractivity contribution in [3.63, 3.8) is 0 Å². The Hall–Kier alpha value is -1.82. The fourth-order valence-corrected chi connectivity index (χ4v) is 2.52. The van der Waals surface area contributed by atoms with Crippen LogP contribution in [0.4, 0.5) is 14.9 Å². The maximum absolute atomic E-state index is 12.1. The Morgan fingerprint density at radius 2 is 1.75 bits per heavy atom. The minimum atomic E-state index is -0.464. The lowest BCUT2D eigenvalue weighted by atomic mass is 10.2. The molecule has 0 spiro atoms. The number of nitrogens with zero attached hydrogens (tertiary/aromatic N) is 2. The predicted molar refractivity (Wildman–Crippen MR) is 92.1 cm³/mol. The standard InChI is InChI=1S/C18H27FN2O3/c1-18(2,3)24-17(22)21-11-9-20(10-12-21)16-6-4-15(5-7-16)14-23-13-8-19/h4-7H,8-14H2,1-3H3. The first-order chi connectivity index (χ1) is 11.4. The lowest BCUT2D eigenvalue weighted by Gasteiger charge is -2.36. The van der Waals surface area contributed by atoms with E-state index >= 15 is 0 Å². The normalized spacial score (nSPS) is 15.5. The molecule has 5 nitrogen and oxygen atoms in total. The average Bonchev–Trinajstić information content (AvgIpc) is 2.54. The number of rotatable bonds is 5. The first-order valence-corrected chi connectivity index (χ1v) is 8.34. The average molecular weight is 338 g/mol. The van der Waals surface area contributed by atoms with E-state index in [1.54, 1.807) is 4.90 Å². The van der Waals surface area contributed by atoms with Crippen LogP contribution in [0.1, 0.15) is 26.3 Å². The largest absolute Gasteiger partial charge is 0.444 e. The number of ether oxygens (including phenoxy) is 2. The summed E-state index contributed by atoms with van der Waals surface area (Å²) in [5.74, 6) is 0. The van der Waals surface area contributed by atoms with E-state index in [1.165, 1.54) is 0 Å². The van der Waals surface area contributed by atoms with Gasteiger partial charge in [-0.15, -0.1) is 0 Å². The lowest BCUT2D eigenvalue weighted by molar-refractivity contribution is 0.0240. The zero-order valence-electron chi connectivity index (χ0n) is 14.8. The zero-order valence-corrected chi connectivity index (χ0v) is 14.8. The van der Waals surface area contributed by atoms with Crippen molar-refractivity contribution in [2.45, 2.75) is 33.0 Å². The molecular formula is C18H27FN2O3. The Balaban J connectivity index is 1.82. The summed E-state index contributed by atoms with van der Waals surface area (Å²) < 4.78 is 22.6. The van der Waals surface area contributed by atoms with Crippen molar-refractivity contribution in [3.8, 4) is 0 Å². The third kappa shape index (κ3) is 5.67. The third-order valence-corrected chi connectivity index (χ3v) is 3.72. The first kappa shape index (κ1) is 18.5. The minimum absolute atomic E-state index is 0.133. The number of carbonyl (C=O) groups is 1. The molecule has 0 saturated carbocycles. The fourth-order valence-electron chi connectivity index (χ4n) is 2.52. The second-order valence-corrected chi connectivity index (χ2v) is 6.86. The van der Waals surface area contributed by atoms with Crippen molar-refractivity contribution < 1.29 is 18.7 Å². The molecule has 2 rings (SSSR count). The second kappa shape index (κ2) is 8.33. The summed E-state index contributed by atoms with van der Waals surface area (Å²) in [6.45, 7) is 8.57. The molecule has 1 fully saturated rings. The van der Waals surface area contributed by atoms with Gasteiger partial charge in [0.1, 0.15) is 12.3 Å². The molecule has 1 aromatic rings. The number of amides is 1. The van der Waals surface area contributed by atoms with Gasteiger partial charge in [-0.1, -0.05) is 12.1 Å². The van der Waals surface area contributed by atoms with E-state index in [-0.39, 0.29) is 12.7 Å². The van der Waals surface area contributed by atoms with Crippen LogP contribution in [0, 0.1) is 0 Å². The Bertz CT molecular complexity index is 520. The van der Waals surface area contributed by atoms with E-state index in [9.17, 15) is 9.18 Å². The quantitative estimate of drug-likeness (QED) is 0.773. The Labute approximate surface area is 143 Å². The number of carbonyl (C=O) groups excluding carboxylic acids is 1. The highest BCUT2D eigenvalue weighted by molar-refractivity contribution is 5.68. The molecule has 1 aromatic carbocycles. The van der Waals surface area contributed by atoms with Crippen LogP contribution in [-0.4, -0.2) is 56.1 Å². The van der Waals surface area contributed by atoms with Crippen LogP contribution in [0.2, 0.25) is 0 Å². The number of halogens is 1. The van der Waals surface area contributed by atoms with Gasteiger partial charge in [0.15, 0.2) is 0 Å². The van der Waals surface area contributed by atoms with E-state index in [1.807, 2.05) is 45.0 Å². The van der Waals surface area contributed by atoms with E-state index in [0.717, 1.165) is 24.3 Å². The number of hydrogen-bond acceptors (Lipinski definition) is 4. The van der Waals surface area contributed by atoms with Gasteiger partial charge < -0.3 is 19.3 Å². The molecule has 0 radical (unpaired) electrons. The van der Waals surface area contributed by atoms with Crippen LogP contribution < -0.4 is 4.90 Å². The summed E-state index contributed by atoms with van der Waals surface area (Å²) in [5, 5.41) is 0. The molecule has 0 N–H and O–H groups in total. The van der Waals surface area contributed by atoms with Gasteiger partial charge in [-0.05, 0) is 38.5 Å². The highest BCUT2D eigenvalue weighted by atomic mass is 19.1. The molecule has 1 saturated heterocycles. The number of hydrogen-bond donors (Lipinski definition) is 0. The molecule has 134 valence electrons. The van der Waals surface area contributed by atoms with E-state index in [4.69, 9.17) is 9.47 Å². The second-order valence-electron chi connectivity index (χ2n) is 6.86. The topological polar surface area (TPSA) is 42.0 Å². The number of benzene rings is 1. The van der Waals surface area contributed by atoms with Crippen LogP contribution in [0.15, 0.2) is 24.3 Å². The van der Waals surface area contributed by atoms with Gasteiger partial charge in [0.2, 0.25) is 0 Å². The Morgan fingerprint density at radius 3 is 2.29 bits per heavy atom. The number of piperazine rings is 1. The van der Waals surface area contributed by atoms with Crippen molar-refractivity contribution in [1.82, 2.24) is 4.90 Å². The summed E-state index contributed by atoms with van der Waals surface area (Å²) in [7, 11) is 0. The van der Waals surface area contributed by atoms with E-state index < -0.39 is 12.3 Å². The van der Waals surface area contributed by atoms with E-state index in [0.29, 0.717) is 19.7 Å². The summed E-state index contributed by atoms with van der Waals surface area (Å²) in [5.41, 5.74) is 1.68. The van der Waals surface area contributed by atoms with Crippen molar-refractivity contribution in [3.05, 3.63) is 29.8 Å². The van der Waals surface area contributed by atoms with Crippen molar-refractivity contribution in [2.75, 3.05) is 44.4 Å². The number of alkyl halides is 1. The highest BCUT2D eigenvalue weighted by Crippen LogP contribution is 2.19. The molecule has 24 heavy (non-hydrogen) atoms. The molecular weight excluding hydrogens is 311 g/mol. The summed E-state index contributed by atoms with van der Waals surface area (Å²) in [6, 6.07) is 8.07. The molecule has 1 aliphatic heterocycles. The zero-order chi connectivity index (χ0) is 17.6. The third-order valence-electron chi connectivity index (χ3n) is 3.72. The maximum Gasteiger partial charge on any atom is 0.410 e. The first-order valence-electron chi connectivity index (χ1n) is 8.34. The van der Waals surface area contributed by atoms with Crippen molar-refractivity contribution in [2.24, 2.45) is 0 Å². The van der Waals surface area contributed by atoms with Crippen molar-refractivity contribution in [1.29, 1.82) is 0 Å².